The van der Waals surface area contributed by atoms with E-state index in [-0.39, 0.29) is 40.0 Å². The van der Waals surface area contributed by atoms with Gasteiger partial charge >= 0.3 is 0 Å². The highest BCUT2D eigenvalue weighted by molar-refractivity contribution is 7.11. The van der Waals surface area contributed by atoms with Crippen molar-refractivity contribution < 1.29 is 27.9 Å². The fourth-order valence-electron chi connectivity index (χ4n) is 3.96. The average Bonchev–Trinajstić information content (AvgIpc) is 3.30. The number of carbonyl (C=O) groups excluding carboxylic acids is 3. The molecule has 42 heavy (non-hydrogen) atoms. The zero-order valence-corrected chi connectivity index (χ0v) is 24.5. The van der Waals surface area contributed by atoms with Crippen LogP contribution in [-0.2, 0) is 6.54 Å². The minimum Gasteiger partial charge on any atom is -0.487 e. The number of hydrogen-bond donors (Lipinski definition) is 3. The molecule has 0 spiro atoms. The van der Waals surface area contributed by atoms with Gasteiger partial charge in [0, 0.05) is 22.8 Å². The molecule has 3 N–H and O–H groups in total. The van der Waals surface area contributed by atoms with Gasteiger partial charge in [-0.05, 0) is 68.8 Å². The number of amides is 3. The monoisotopic (exact) mass is 612 g/mol. The number of aromatic nitrogens is 1. The summed E-state index contributed by atoms with van der Waals surface area (Å²) in [5.74, 6) is -1.59. The van der Waals surface area contributed by atoms with Gasteiger partial charge in [0.15, 0.2) is 0 Å². The Morgan fingerprint density at radius 1 is 0.881 bits per heavy atom. The van der Waals surface area contributed by atoms with E-state index >= 15 is 0 Å². The molecule has 0 aliphatic carbocycles. The Bertz CT molecular complexity index is 1630. The summed E-state index contributed by atoms with van der Waals surface area (Å²) in [6.45, 7) is 4.76. The van der Waals surface area contributed by atoms with Crippen molar-refractivity contribution in [3.63, 3.8) is 0 Å². The van der Waals surface area contributed by atoms with Gasteiger partial charge in [-0.2, -0.15) is 0 Å². The lowest BCUT2D eigenvalue weighted by Crippen LogP contribution is -2.24. The standard InChI is InChI=1S/C30H27ClF2N4O4S/c1-16-4-7-20(8-5-16)36-29(39)23-13-21(9-11-25(23)41-15-26(32)33)37-28(38)22-12-19(6-10-24(22)31)14-34-30(40)27-17(2)42-18(3)35-27/h4-13,26H,14-15H2,1-3H3,(H,34,40)(H,36,39)(H,37,38). The molecule has 0 saturated heterocycles. The van der Waals surface area contributed by atoms with E-state index in [0.29, 0.717) is 16.9 Å². The maximum absolute atomic E-state index is 13.2. The second-order valence-electron chi connectivity index (χ2n) is 9.32. The number of anilines is 2. The summed E-state index contributed by atoms with van der Waals surface area (Å²) in [5, 5.41) is 9.13. The first kappa shape index (κ1) is 30.6. The molecule has 1 heterocycles. The molecule has 0 bridgehead atoms. The number of nitrogens with one attached hydrogen (secondary N) is 3. The van der Waals surface area contributed by atoms with Crippen LogP contribution < -0.4 is 20.7 Å². The van der Waals surface area contributed by atoms with Crippen LogP contribution in [0.4, 0.5) is 20.2 Å². The molecule has 1 aromatic heterocycles. The highest BCUT2D eigenvalue weighted by Crippen LogP contribution is 2.27. The number of ether oxygens (including phenoxy) is 1. The van der Waals surface area contributed by atoms with Gasteiger partial charge in [-0.25, -0.2) is 13.8 Å². The van der Waals surface area contributed by atoms with Crippen molar-refractivity contribution in [2.75, 3.05) is 17.2 Å². The molecule has 0 fully saturated rings. The third-order valence-electron chi connectivity index (χ3n) is 6.00. The Labute approximate surface area is 250 Å². The number of hydrogen-bond acceptors (Lipinski definition) is 6. The van der Waals surface area contributed by atoms with Gasteiger partial charge in [0.1, 0.15) is 18.1 Å². The van der Waals surface area contributed by atoms with Crippen molar-refractivity contribution in [1.82, 2.24) is 10.3 Å². The topological polar surface area (TPSA) is 109 Å². The van der Waals surface area contributed by atoms with Gasteiger partial charge < -0.3 is 20.7 Å². The fourth-order valence-corrected chi connectivity index (χ4v) is 4.98. The average molecular weight is 613 g/mol. The van der Waals surface area contributed by atoms with Crippen LogP contribution in [0.25, 0.3) is 0 Å². The van der Waals surface area contributed by atoms with E-state index in [1.165, 1.54) is 35.6 Å². The molecule has 0 atom stereocenters. The zero-order chi connectivity index (χ0) is 30.4. The molecule has 0 saturated carbocycles. The molecular formula is C30H27ClF2N4O4S. The second-order valence-corrected chi connectivity index (χ2v) is 11.1. The van der Waals surface area contributed by atoms with Crippen molar-refractivity contribution in [3.8, 4) is 5.75 Å². The van der Waals surface area contributed by atoms with Crippen LogP contribution in [0, 0.1) is 20.8 Å². The Balaban J connectivity index is 1.51. The van der Waals surface area contributed by atoms with Crippen LogP contribution in [0.1, 0.15) is 52.2 Å². The van der Waals surface area contributed by atoms with Gasteiger partial charge in [0.2, 0.25) is 0 Å². The van der Waals surface area contributed by atoms with Crippen LogP contribution in [0.3, 0.4) is 0 Å². The molecule has 3 aromatic carbocycles. The minimum atomic E-state index is -2.74. The second kappa shape index (κ2) is 13.5. The number of benzene rings is 3. The molecule has 0 aliphatic rings. The van der Waals surface area contributed by atoms with E-state index in [4.69, 9.17) is 16.3 Å². The van der Waals surface area contributed by atoms with Crippen LogP contribution >= 0.6 is 22.9 Å². The van der Waals surface area contributed by atoms with Crippen molar-refractivity contribution >= 4 is 52.0 Å². The van der Waals surface area contributed by atoms with Crippen molar-refractivity contribution in [2.24, 2.45) is 0 Å². The first-order valence-electron chi connectivity index (χ1n) is 12.7. The molecule has 12 heteroatoms. The molecule has 218 valence electrons. The summed E-state index contributed by atoms with van der Waals surface area (Å²) >= 11 is 7.73. The number of carbonyl (C=O) groups is 3. The molecule has 0 aliphatic heterocycles. The van der Waals surface area contributed by atoms with Crippen molar-refractivity contribution in [3.05, 3.63) is 104 Å². The Kier molecular flexibility index (Phi) is 9.87. The highest BCUT2D eigenvalue weighted by Gasteiger charge is 2.19. The Morgan fingerprint density at radius 3 is 2.21 bits per heavy atom. The smallest absolute Gasteiger partial charge is 0.272 e. The zero-order valence-electron chi connectivity index (χ0n) is 22.9. The maximum atomic E-state index is 13.2. The van der Waals surface area contributed by atoms with Crippen molar-refractivity contribution in [1.29, 1.82) is 0 Å². The van der Waals surface area contributed by atoms with Crippen molar-refractivity contribution in [2.45, 2.75) is 33.7 Å². The highest BCUT2D eigenvalue weighted by atomic mass is 35.5. The summed E-state index contributed by atoms with van der Waals surface area (Å²) in [4.78, 5) is 43.9. The molecule has 4 aromatic rings. The van der Waals surface area contributed by atoms with E-state index in [2.05, 4.69) is 20.9 Å². The van der Waals surface area contributed by atoms with E-state index < -0.39 is 24.8 Å². The molecule has 0 unspecified atom stereocenters. The number of nitrogens with zero attached hydrogens (tertiary/aromatic N) is 1. The summed E-state index contributed by atoms with van der Waals surface area (Å²) in [7, 11) is 0. The molecule has 8 nitrogen and oxygen atoms in total. The molecule has 3 amide bonds. The normalized spacial score (nSPS) is 10.8. The number of thiazole rings is 1. The number of aryl methyl sites for hydroxylation is 3. The molecule has 0 radical (unpaired) electrons. The number of rotatable bonds is 10. The van der Waals surface area contributed by atoms with Crippen LogP contribution in [-0.4, -0.2) is 35.7 Å². The van der Waals surface area contributed by atoms with Crippen LogP contribution in [0.5, 0.6) is 5.75 Å². The lowest BCUT2D eigenvalue weighted by molar-refractivity contribution is 0.0803. The first-order valence-corrected chi connectivity index (χ1v) is 13.9. The quantitative estimate of drug-likeness (QED) is 0.182. The lowest BCUT2D eigenvalue weighted by Gasteiger charge is -2.14. The fraction of sp³-hybridized carbons (Fsp3) is 0.200. The molecular weight excluding hydrogens is 586 g/mol. The van der Waals surface area contributed by atoms with Gasteiger partial charge in [-0.15, -0.1) is 11.3 Å². The van der Waals surface area contributed by atoms with E-state index in [0.717, 1.165) is 15.4 Å². The Hall–Kier alpha value is -4.35. The van der Waals surface area contributed by atoms with E-state index in [1.807, 2.05) is 32.9 Å². The predicted octanol–water partition coefficient (Wildman–Crippen LogP) is 6.80. The van der Waals surface area contributed by atoms with Crippen LogP contribution in [0.2, 0.25) is 5.02 Å². The predicted molar refractivity (Wildman–Crippen MR) is 159 cm³/mol. The minimum absolute atomic E-state index is 0.0517. The molecule has 4 rings (SSSR count). The van der Waals surface area contributed by atoms with Gasteiger partial charge in [-0.3, -0.25) is 14.4 Å². The van der Waals surface area contributed by atoms with E-state index in [1.54, 1.807) is 24.3 Å². The maximum Gasteiger partial charge on any atom is 0.272 e. The SMILES string of the molecule is Cc1ccc(NC(=O)c2cc(NC(=O)c3cc(CNC(=O)c4nc(C)sc4C)ccc3Cl)ccc2OCC(F)F)cc1. The van der Waals surface area contributed by atoms with Gasteiger partial charge in [-0.1, -0.05) is 35.4 Å². The Morgan fingerprint density at radius 2 is 1.55 bits per heavy atom. The summed E-state index contributed by atoms with van der Waals surface area (Å²) in [6, 6.07) is 15.9. The van der Waals surface area contributed by atoms with E-state index in [9.17, 15) is 23.2 Å². The summed E-state index contributed by atoms with van der Waals surface area (Å²) < 4.78 is 30.8. The number of alkyl halides is 2. The third-order valence-corrected chi connectivity index (χ3v) is 7.22. The van der Waals surface area contributed by atoms with Crippen LogP contribution in [0.15, 0.2) is 60.7 Å². The largest absolute Gasteiger partial charge is 0.487 e. The third kappa shape index (κ3) is 7.89. The van der Waals surface area contributed by atoms with Gasteiger partial charge in [0.05, 0.1) is 21.2 Å². The first-order chi connectivity index (χ1) is 20.0. The van der Waals surface area contributed by atoms with Gasteiger partial charge in [0.25, 0.3) is 24.1 Å². The summed E-state index contributed by atoms with van der Waals surface area (Å²) in [6.07, 6.45) is -2.74. The summed E-state index contributed by atoms with van der Waals surface area (Å²) in [5.41, 5.74) is 2.76. The lowest BCUT2D eigenvalue weighted by atomic mass is 10.1. The number of halogens is 3.